The molecule has 1 aromatic rings. The second kappa shape index (κ2) is 5.98. The number of anilines is 1. The molecule has 1 aliphatic carbocycles. The second-order valence-corrected chi connectivity index (χ2v) is 4.99. The number of hydrogen-bond donors (Lipinski definition) is 1. The van der Waals surface area contributed by atoms with Gasteiger partial charge in [-0.15, -0.1) is 0 Å². The molecule has 18 heavy (non-hydrogen) atoms. The van der Waals surface area contributed by atoms with Crippen LogP contribution in [-0.2, 0) is 0 Å². The van der Waals surface area contributed by atoms with Crippen LogP contribution in [0, 0.1) is 5.92 Å². The Hall–Kier alpha value is -1.38. The minimum atomic E-state index is 0.566. The average molecular weight is 249 g/mol. The zero-order valence-corrected chi connectivity index (χ0v) is 11.5. The molecule has 2 unspecified atom stereocenters. The van der Waals surface area contributed by atoms with Gasteiger partial charge < -0.3 is 14.8 Å². The van der Waals surface area contributed by atoms with E-state index >= 15 is 0 Å². The van der Waals surface area contributed by atoms with Crippen LogP contribution in [0.2, 0.25) is 0 Å². The zero-order valence-electron chi connectivity index (χ0n) is 11.5. The normalized spacial score (nSPS) is 22.8. The molecule has 1 saturated carbocycles. The van der Waals surface area contributed by atoms with Crippen molar-refractivity contribution in [3.8, 4) is 11.5 Å². The van der Waals surface area contributed by atoms with Crippen LogP contribution in [0.15, 0.2) is 18.2 Å². The van der Waals surface area contributed by atoms with Gasteiger partial charge in [-0.2, -0.15) is 0 Å². The van der Waals surface area contributed by atoms with Crippen molar-refractivity contribution in [2.75, 3.05) is 19.5 Å². The number of rotatable bonds is 5. The highest BCUT2D eigenvalue weighted by atomic mass is 16.5. The monoisotopic (exact) mass is 249 g/mol. The van der Waals surface area contributed by atoms with Crippen LogP contribution in [-0.4, -0.2) is 20.3 Å². The van der Waals surface area contributed by atoms with E-state index in [1.165, 1.54) is 25.7 Å². The number of hydrogen-bond acceptors (Lipinski definition) is 3. The summed E-state index contributed by atoms with van der Waals surface area (Å²) in [6.45, 7) is 2.28. The van der Waals surface area contributed by atoms with E-state index in [2.05, 4.69) is 12.2 Å². The lowest BCUT2D eigenvalue weighted by Gasteiger charge is -2.17. The summed E-state index contributed by atoms with van der Waals surface area (Å²) < 4.78 is 10.7. The molecule has 2 atom stereocenters. The predicted octanol–water partition coefficient (Wildman–Crippen LogP) is 3.69. The Kier molecular flexibility index (Phi) is 4.34. The molecule has 3 heteroatoms. The van der Waals surface area contributed by atoms with E-state index in [9.17, 15) is 0 Å². The van der Waals surface area contributed by atoms with E-state index < -0.39 is 0 Å². The summed E-state index contributed by atoms with van der Waals surface area (Å²) >= 11 is 0. The first kappa shape index (κ1) is 13.1. The van der Waals surface area contributed by atoms with Crippen LogP contribution in [0.3, 0.4) is 0 Å². The van der Waals surface area contributed by atoms with E-state index in [-0.39, 0.29) is 0 Å². The highest BCUT2D eigenvalue weighted by molar-refractivity contribution is 5.60. The van der Waals surface area contributed by atoms with Gasteiger partial charge in [0.1, 0.15) is 11.5 Å². The van der Waals surface area contributed by atoms with Gasteiger partial charge in [0.25, 0.3) is 0 Å². The molecular formula is C15H23NO2. The van der Waals surface area contributed by atoms with E-state index in [0.717, 1.165) is 23.1 Å². The molecule has 0 heterocycles. The van der Waals surface area contributed by atoms with E-state index in [1.807, 2.05) is 18.2 Å². The van der Waals surface area contributed by atoms with E-state index in [4.69, 9.17) is 9.47 Å². The second-order valence-electron chi connectivity index (χ2n) is 4.99. The van der Waals surface area contributed by atoms with Crippen LogP contribution in [0.1, 0.15) is 32.6 Å². The summed E-state index contributed by atoms with van der Waals surface area (Å²) in [7, 11) is 3.39. The quantitative estimate of drug-likeness (QED) is 0.863. The van der Waals surface area contributed by atoms with Gasteiger partial charge in [0.15, 0.2) is 0 Å². The third-order valence-corrected chi connectivity index (χ3v) is 3.88. The standard InChI is InChI=1S/C15H23NO2/c1-4-11-5-6-12(9-11)16-14-10-13(17-2)7-8-15(14)18-3/h7-8,10-12,16H,4-6,9H2,1-3H3. The van der Waals surface area contributed by atoms with Crippen LogP contribution in [0.5, 0.6) is 11.5 Å². The van der Waals surface area contributed by atoms with Gasteiger partial charge in [-0.05, 0) is 37.3 Å². The Labute approximate surface area is 109 Å². The fourth-order valence-electron chi connectivity index (χ4n) is 2.72. The molecule has 1 aliphatic rings. The van der Waals surface area contributed by atoms with Crippen molar-refractivity contribution in [1.82, 2.24) is 0 Å². The van der Waals surface area contributed by atoms with Crippen molar-refractivity contribution < 1.29 is 9.47 Å². The van der Waals surface area contributed by atoms with Crippen LogP contribution >= 0.6 is 0 Å². The van der Waals surface area contributed by atoms with Gasteiger partial charge in [-0.3, -0.25) is 0 Å². The summed E-state index contributed by atoms with van der Waals surface area (Å²) in [6, 6.07) is 6.45. The van der Waals surface area contributed by atoms with Crippen LogP contribution in [0.4, 0.5) is 5.69 Å². The largest absolute Gasteiger partial charge is 0.497 e. The van der Waals surface area contributed by atoms with Crippen molar-refractivity contribution in [3.05, 3.63) is 18.2 Å². The van der Waals surface area contributed by atoms with Crippen molar-refractivity contribution in [2.24, 2.45) is 5.92 Å². The Morgan fingerprint density at radius 3 is 2.67 bits per heavy atom. The molecule has 0 aromatic heterocycles. The van der Waals surface area contributed by atoms with Gasteiger partial charge >= 0.3 is 0 Å². The third kappa shape index (κ3) is 2.89. The Balaban J connectivity index is 2.07. The highest BCUT2D eigenvalue weighted by Crippen LogP contribution is 2.34. The summed E-state index contributed by atoms with van der Waals surface area (Å²) in [6.07, 6.45) is 5.13. The topological polar surface area (TPSA) is 30.5 Å². The molecule has 1 fully saturated rings. The first-order valence-corrected chi connectivity index (χ1v) is 6.75. The predicted molar refractivity (Wildman–Crippen MR) is 74.6 cm³/mol. The minimum absolute atomic E-state index is 0.566. The smallest absolute Gasteiger partial charge is 0.142 e. The number of benzene rings is 1. The van der Waals surface area contributed by atoms with E-state index in [0.29, 0.717) is 6.04 Å². The molecular weight excluding hydrogens is 226 g/mol. The summed E-state index contributed by atoms with van der Waals surface area (Å²) in [5.41, 5.74) is 1.04. The fourth-order valence-corrected chi connectivity index (χ4v) is 2.72. The van der Waals surface area contributed by atoms with Crippen molar-refractivity contribution in [3.63, 3.8) is 0 Å². The number of nitrogens with one attached hydrogen (secondary N) is 1. The third-order valence-electron chi connectivity index (χ3n) is 3.88. The molecule has 0 bridgehead atoms. The molecule has 0 saturated heterocycles. The van der Waals surface area contributed by atoms with Crippen LogP contribution < -0.4 is 14.8 Å². The van der Waals surface area contributed by atoms with Gasteiger partial charge in [0, 0.05) is 12.1 Å². The molecule has 0 spiro atoms. The summed E-state index contributed by atoms with van der Waals surface area (Å²) in [5.74, 6) is 2.62. The maximum Gasteiger partial charge on any atom is 0.142 e. The van der Waals surface area contributed by atoms with Gasteiger partial charge in [-0.25, -0.2) is 0 Å². The lowest BCUT2D eigenvalue weighted by atomic mass is 10.1. The lowest BCUT2D eigenvalue weighted by molar-refractivity contribution is 0.404. The summed E-state index contributed by atoms with van der Waals surface area (Å²) in [5, 5.41) is 3.59. The Morgan fingerprint density at radius 2 is 2.06 bits per heavy atom. The number of ether oxygens (including phenoxy) is 2. The van der Waals surface area contributed by atoms with Crippen molar-refractivity contribution in [2.45, 2.75) is 38.6 Å². The fraction of sp³-hybridized carbons (Fsp3) is 0.600. The van der Waals surface area contributed by atoms with Gasteiger partial charge in [0.2, 0.25) is 0 Å². The van der Waals surface area contributed by atoms with Crippen molar-refractivity contribution >= 4 is 5.69 Å². The molecule has 0 amide bonds. The van der Waals surface area contributed by atoms with Crippen LogP contribution in [0.25, 0.3) is 0 Å². The maximum absolute atomic E-state index is 5.39. The maximum atomic E-state index is 5.39. The highest BCUT2D eigenvalue weighted by Gasteiger charge is 2.23. The molecule has 0 aliphatic heterocycles. The minimum Gasteiger partial charge on any atom is -0.497 e. The van der Waals surface area contributed by atoms with Crippen molar-refractivity contribution in [1.29, 1.82) is 0 Å². The SMILES string of the molecule is CCC1CCC(Nc2cc(OC)ccc2OC)C1. The zero-order chi connectivity index (χ0) is 13.0. The average Bonchev–Trinajstić information content (AvgIpc) is 2.86. The number of methoxy groups -OCH3 is 2. The molecule has 100 valence electrons. The Bertz CT molecular complexity index is 392. The van der Waals surface area contributed by atoms with Gasteiger partial charge in [0.05, 0.1) is 19.9 Å². The molecule has 1 N–H and O–H groups in total. The van der Waals surface area contributed by atoms with E-state index in [1.54, 1.807) is 14.2 Å². The molecule has 2 rings (SSSR count). The lowest BCUT2D eigenvalue weighted by Crippen LogP contribution is -2.16. The Morgan fingerprint density at radius 1 is 1.22 bits per heavy atom. The first-order valence-electron chi connectivity index (χ1n) is 6.75. The molecule has 0 radical (unpaired) electrons. The summed E-state index contributed by atoms with van der Waals surface area (Å²) in [4.78, 5) is 0. The van der Waals surface area contributed by atoms with Gasteiger partial charge in [-0.1, -0.05) is 13.3 Å². The molecule has 3 nitrogen and oxygen atoms in total. The first-order chi connectivity index (χ1) is 8.76. The molecule has 1 aromatic carbocycles.